The van der Waals surface area contributed by atoms with E-state index in [1.807, 2.05) is 6.20 Å². The van der Waals surface area contributed by atoms with E-state index in [9.17, 15) is 0 Å². The molecule has 1 heterocycles. The van der Waals surface area contributed by atoms with Crippen molar-refractivity contribution in [2.45, 2.75) is 84.5 Å². The number of aromatic nitrogens is 2. The fourth-order valence-electron chi connectivity index (χ4n) is 3.40. The SMILES string of the molecule is CC(C)N(CCn1ccnc1NC1CCCCC1)C(C)C. The van der Waals surface area contributed by atoms with Crippen LogP contribution in [0.15, 0.2) is 12.4 Å². The second kappa shape index (κ2) is 7.83. The summed E-state index contributed by atoms with van der Waals surface area (Å²) in [6.07, 6.45) is 10.7. The van der Waals surface area contributed by atoms with Crippen LogP contribution < -0.4 is 5.32 Å². The lowest BCUT2D eigenvalue weighted by Gasteiger charge is -2.31. The Hall–Kier alpha value is -1.03. The first-order chi connectivity index (χ1) is 10.1. The van der Waals surface area contributed by atoms with Gasteiger partial charge >= 0.3 is 0 Å². The van der Waals surface area contributed by atoms with Crippen LogP contribution in [0.1, 0.15) is 59.8 Å². The van der Waals surface area contributed by atoms with E-state index in [0.717, 1.165) is 19.0 Å². The Kier molecular flexibility index (Phi) is 6.09. The molecule has 1 aliphatic carbocycles. The van der Waals surface area contributed by atoms with Crippen molar-refractivity contribution in [1.82, 2.24) is 14.5 Å². The molecular formula is C17H32N4. The van der Waals surface area contributed by atoms with E-state index in [1.54, 1.807) is 0 Å². The topological polar surface area (TPSA) is 33.1 Å². The first-order valence-corrected chi connectivity index (χ1v) is 8.61. The third-order valence-corrected chi connectivity index (χ3v) is 4.58. The fraction of sp³-hybridized carbons (Fsp3) is 0.824. The van der Waals surface area contributed by atoms with Gasteiger partial charge in [-0.15, -0.1) is 0 Å². The van der Waals surface area contributed by atoms with E-state index in [-0.39, 0.29) is 0 Å². The fourth-order valence-corrected chi connectivity index (χ4v) is 3.40. The van der Waals surface area contributed by atoms with Gasteiger partial charge in [0.2, 0.25) is 5.95 Å². The first kappa shape index (κ1) is 16.3. The van der Waals surface area contributed by atoms with Crippen LogP contribution >= 0.6 is 0 Å². The van der Waals surface area contributed by atoms with Gasteiger partial charge < -0.3 is 9.88 Å². The molecule has 1 aromatic rings. The van der Waals surface area contributed by atoms with Gasteiger partial charge in [0.15, 0.2) is 0 Å². The minimum Gasteiger partial charge on any atom is -0.353 e. The van der Waals surface area contributed by atoms with E-state index >= 15 is 0 Å². The van der Waals surface area contributed by atoms with Gasteiger partial charge in [0.05, 0.1) is 0 Å². The second-order valence-electron chi connectivity index (χ2n) is 6.85. The molecule has 1 aromatic heterocycles. The highest BCUT2D eigenvalue weighted by atomic mass is 15.2. The van der Waals surface area contributed by atoms with Crippen molar-refractivity contribution in [2.24, 2.45) is 0 Å². The third-order valence-electron chi connectivity index (χ3n) is 4.58. The summed E-state index contributed by atoms with van der Waals surface area (Å²) in [6.45, 7) is 11.2. The predicted molar refractivity (Wildman–Crippen MR) is 89.7 cm³/mol. The van der Waals surface area contributed by atoms with Gasteiger partial charge in [0.25, 0.3) is 0 Å². The lowest BCUT2D eigenvalue weighted by molar-refractivity contribution is 0.168. The summed E-state index contributed by atoms with van der Waals surface area (Å²) in [5.74, 6) is 1.05. The molecule has 0 bridgehead atoms. The number of hydrogen-bond donors (Lipinski definition) is 1. The monoisotopic (exact) mass is 292 g/mol. The van der Waals surface area contributed by atoms with Crippen molar-refractivity contribution >= 4 is 5.95 Å². The molecule has 0 amide bonds. The number of hydrogen-bond acceptors (Lipinski definition) is 3. The molecule has 1 fully saturated rings. The minimum absolute atomic E-state index is 0.586. The first-order valence-electron chi connectivity index (χ1n) is 8.61. The smallest absolute Gasteiger partial charge is 0.203 e. The molecule has 0 unspecified atom stereocenters. The summed E-state index contributed by atoms with van der Waals surface area (Å²) in [4.78, 5) is 7.04. The zero-order valence-electron chi connectivity index (χ0n) is 14.2. The zero-order chi connectivity index (χ0) is 15.2. The summed E-state index contributed by atoms with van der Waals surface area (Å²) in [7, 11) is 0. The Balaban J connectivity index is 1.90. The highest BCUT2D eigenvalue weighted by Gasteiger charge is 2.16. The van der Waals surface area contributed by atoms with Gasteiger partial charge in [-0.1, -0.05) is 19.3 Å². The molecule has 1 aliphatic rings. The molecule has 0 spiro atoms. The third kappa shape index (κ3) is 4.73. The second-order valence-corrected chi connectivity index (χ2v) is 6.85. The molecule has 0 aromatic carbocycles. The van der Waals surface area contributed by atoms with Crippen molar-refractivity contribution < 1.29 is 0 Å². The Bertz CT molecular complexity index is 397. The molecular weight excluding hydrogens is 260 g/mol. The largest absolute Gasteiger partial charge is 0.353 e. The molecule has 1 saturated carbocycles. The standard InChI is InChI=1S/C17H32N4/c1-14(2)21(15(3)4)13-12-20-11-10-18-17(20)19-16-8-6-5-7-9-16/h10-11,14-16H,5-9,12-13H2,1-4H3,(H,18,19). The van der Waals surface area contributed by atoms with Gasteiger partial charge in [-0.2, -0.15) is 0 Å². The highest BCUT2D eigenvalue weighted by molar-refractivity contribution is 5.27. The van der Waals surface area contributed by atoms with Crippen LogP contribution in [-0.4, -0.2) is 39.1 Å². The Morgan fingerprint density at radius 2 is 1.86 bits per heavy atom. The van der Waals surface area contributed by atoms with Crippen LogP contribution in [-0.2, 0) is 6.54 Å². The van der Waals surface area contributed by atoms with Gasteiger partial charge in [0.1, 0.15) is 0 Å². The number of nitrogens with one attached hydrogen (secondary N) is 1. The molecule has 4 nitrogen and oxygen atoms in total. The van der Waals surface area contributed by atoms with Crippen molar-refractivity contribution in [3.05, 3.63) is 12.4 Å². The van der Waals surface area contributed by atoms with Gasteiger partial charge in [-0.05, 0) is 40.5 Å². The number of rotatable bonds is 7. The summed E-state index contributed by atoms with van der Waals surface area (Å²) in [6, 6.07) is 1.79. The van der Waals surface area contributed by atoms with Crippen molar-refractivity contribution in [1.29, 1.82) is 0 Å². The predicted octanol–water partition coefficient (Wildman–Crippen LogP) is 3.75. The summed E-state index contributed by atoms with van der Waals surface area (Å²) in [5, 5.41) is 3.64. The Labute approximate surface area is 129 Å². The van der Waals surface area contributed by atoms with E-state index in [2.05, 4.69) is 53.7 Å². The van der Waals surface area contributed by atoms with Crippen molar-refractivity contribution in [2.75, 3.05) is 11.9 Å². The Morgan fingerprint density at radius 3 is 2.48 bits per heavy atom. The lowest BCUT2D eigenvalue weighted by Crippen LogP contribution is -2.39. The zero-order valence-corrected chi connectivity index (χ0v) is 14.2. The normalized spacial score (nSPS) is 17.1. The molecule has 120 valence electrons. The van der Waals surface area contributed by atoms with E-state index in [0.29, 0.717) is 18.1 Å². The molecule has 0 saturated heterocycles. The summed E-state index contributed by atoms with van der Waals surface area (Å²) >= 11 is 0. The maximum atomic E-state index is 4.51. The molecule has 4 heteroatoms. The van der Waals surface area contributed by atoms with E-state index < -0.39 is 0 Å². The average Bonchev–Trinajstić information content (AvgIpc) is 2.87. The number of imidazole rings is 1. The maximum Gasteiger partial charge on any atom is 0.203 e. The van der Waals surface area contributed by atoms with E-state index in [4.69, 9.17) is 0 Å². The van der Waals surface area contributed by atoms with Crippen LogP contribution in [0.2, 0.25) is 0 Å². The van der Waals surface area contributed by atoms with Gasteiger partial charge in [-0.25, -0.2) is 4.98 Å². The molecule has 0 aliphatic heterocycles. The van der Waals surface area contributed by atoms with Gasteiger partial charge in [-0.3, -0.25) is 4.90 Å². The summed E-state index contributed by atoms with van der Waals surface area (Å²) < 4.78 is 2.27. The number of anilines is 1. The van der Waals surface area contributed by atoms with Crippen LogP contribution in [0.25, 0.3) is 0 Å². The van der Waals surface area contributed by atoms with E-state index in [1.165, 1.54) is 32.1 Å². The average molecular weight is 292 g/mol. The molecule has 1 N–H and O–H groups in total. The van der Waals surface area contributed by atoms with Crippen LogP contribution in [0.3, 0.4) is 0 Å². The molecule has 2 rings (SSSR count). The highest BCUT2D eigenvalue weighted by Crippen LogP contribution is 2.21. The lowest BCUT2D eigenvalue weighted by atomic mass is 9.96. The van der Waals surface area contributed by atoms with Crippen LogP contribution in [0, 0.1) is 0 Å². The molecule has 21 heavy (non-hydrogen) atoms. The molecule has 0 radical (unpaired) electrons. The number of nitrogens with zero attached hydrogens (tertiary/aromatic N) is 3. The molecule has 0 atom stereocenters. The van der Waals surface area contributed by atoms with Crippen molar-refractivity contribution in [3.8, 4) is 0 Å². The summed E-state index contributed by atoms with van der Waals surface area (Å²) in [5.41, 5.74) is 0. The quantitative estimate of drug-likeness (QED) is 0.831. The minimum atomic E-state index is 0.586. The van der Waals surface area contributed by atoms with Crippen LogP contribution in [0.4, 0.5) is 5.95 Å². The maximum absolute atomic E-state index is 4.51. The van der Waals surface area contributed by atoms with Gasteiger partial charge in [0, 0.05) is 43.6 Å². The van der Waals surface area contributed by atoms with Crippen LogP contribution in [0.5, 0.6) is 0 Å². The van der Waals surface area contributed by atoms with Crippen molar-refractivity contribution in [3.63, 3.8) is 0 Å². The Morgan fingerprint density at radius 1 is 1.19 bits per heavy atom.